The van der Waals surface area contributed by atoms with Gasteiger partial charge in [-0.25, -0.2) is 0 Å². The molecule has 2 nitrogen and oxygen atoms in total. The van der Waals surface area contributed by atoms with Crippen LogP contribution in [0.1, 0.15) is 17.7 Å². The lowest BCUT2D eigenvalue weighted by Crippen LogP contribution is -1.89. The van der Waals surface area contributed by atoms with Gasteiger partial charge in [0.05, 0.1) is 0 Å². The molecule has 1 heterocycles. The summed E-state index contributed by atoms with van der Waals surface area (Å²) in [6.07, 6.45) is 0. The summed E-state index contributed by atoms with van der Waals surface area (Å²) in [6, 6.07) is 1.69. The molecular formula is C6H9NOS2. The Balaban J connectivity index is 2.74. The first-order chi connectivity index (χ1) is 4.74. The van der Waals surface area contributed by atoms with Crippen LogP contribution in [0.3, 0.4) is 0 Å². The highest BCUT2D eigenvalue weighted by molar-refractivity contribution is 7.80. The first kappa shape index (κ1) is 7.88. The SMILES string of the molecule is CC(CS)c1cc(O)ns1. The van der Waals surface area contributed by atoms with Crippen molar-refractivity contribution >= 4 is 24.2 Å². The maximum atomic E-state index is 8.87. The largest absolute Gasteiger partial charge is 0.493 e. The van der Waals surface area contributed by atoms with E-state index in [1.807, 2.05) is 0 Å². The molecule has 1 atom stereocenters. The van der Waals surface area contributed by atoms with Gasteiger partial charge in [-0.3, -0.25) is 0 Å². The van der Waals surface area contributed by atoms with Gasteiger partial charge >= 0.3 is 0 Å². The second-order valence-electron chi connectivity index (χ2n) is 2.17. The van der Waals surface area contributed by atoms with Crippen LogP contribution >= 0.6 is 24.2 Å². The molecule has 0 aromatic carbocycles. The minimum Gasteiger partial charge on any atom is -0.493 e. The summed E-state index contributed by atoms with van der Waals surface area (Å²) in [6.45, 7) is 2.06. The molecule has 1 rings (SSSR count). The maximum absolute atomic E-state index is 8.87. The standard InChI is InChI=1S/C6H9NOS2/c1-4(3-9)5-2-6(8)7-10-5/h2,4,9H,3H2,1H3,(H,7,8). The van der Waals surface area contributed by atoms with Crippen LogP contribution in [-0.4, -0.2) is 15.2 Å². The van der Waals surface area contributed by atoms with Crippen LogP contribution in [-0.2, 0) is 0 Å². The molecule has 0 saturated carbocycles. The zero-order chi connectivity index (χ0) is 7.56. The van der Waals surface area contributed by atoms with Crippen molar-refractivity contribution in [1.82, 2.24) is 4.37 Å². The van der Waals surface area contributed by atoms with Gasteiger partial charge in [-0.1, -0.05) is 6.92 Å². The van der Waals surface area contributed by atoms with E-state index < -0.39 is 0 Å². The van der Waals surface area contributed by atoms with Gasteiger partial charge in [0, 0.05) is 16.9 Å². The predicted octanol–water partition coefficient (Wildman–Crippen LogP) is 1.88. The molecule has 0 bridgehead atoms. The van der Waals surface area contributed by atoms with Crippen LogP contribution in [0.15, 0.2) is 6.07 Å². The summed E-state index contributed by atoms with van der Waals surface area (Å²) in [5.74, 6) is 1.30. The number of rotatable bonds is 2. The highest BCUT2D eigenvalue weighted by Crippen LogP contribution is 2.24. The lowest BCUT2D eigenvalue weighted by Gasteiger charge is -2.00. The number of hydrogen-bond acceptors (Lipinski definition) is 4. The van der Waals surface area contributed by atoms with E-state index in [0.29, 0.717) is 5.92 Å². The van der Waals surface area contributed by atoms with E-state index in [-0.39, 0.29) is 5.88 Å². The molecule has 4 heteroatoms. The molecule has 0 saturated heterocycles. The highest BCUT2D eigenvalue weighted by atomic mass is 32.1. The smallest absolute Gasteiger partial charge is 0.222 e. The van der Waals surface area contributed by atoms with Gasteiger partial charge < -0.3 is 5.11 Å². The van der Waals surface area contributed by atoms with Crippen molar-refractivity contribution in [2.45, 2.75) is 12.8 Å². The summed E-state index contributed by atoms with van der Waals surface area (Å²) in [7, 11) is 0. The molecule has 1 unspecified atom stereocenters. The van der Waals surface area contributed by atoms with Crippen LogP contribution in [0.5, 0.6) is 5.88 Å². The molecule has 0 spiro atoms. The van der Waals surface area contributed by atoms with Crippen LogP contribution in [0, 0.1) is 0 Å². The summed E-state index contributed by atoms with van der Waals surface area (Å²) >= 11 is 5.47. The van der Waals surface area contributed by atoms with Gasteiger partial charge in [0.15, 0.2) is 0 Å². The van der Waals surface area contributed by atoms with E-state index in [0.717, 1.165) is 10.6 Å². The maximum Gasteiger partial charge on any atom is 0.222 e. The van der Waals surface area contributed by atoms with E-state index >= 15 is 0 Å². The van der Waals surface area contributed by atoms with Crippen molar-refractivity contribution in [3.63, 3.8) is 0 Å². The Hall–Kier alpha value is -0.220. The lowest BCUT2D eigenvalue weighted by molar-refractivity contribution is 0.459. The molecule has 56 valence electrons. The fourth-order valence-corrected chi connectivity index (χ4v) is 1.59. The van der Waals surface area contributed by atoms with Crippen molar-refractivity contribution in [3.8, 4) is 5.88 Å². The highest BCUT2D eigenvalue weighted by Gasteiger charge is 2.06. The zero-order valence-electron chi connectivity index (χ0n) is 5.61. The number of nitrogens with zero attached hydrogens (tertiary/aromatic N) is 1. The quantitative estimate of drug-likeness (QED) is 0.673. The second-order valence-corrected chi connectivity index (χ2v) is 3.37. The Morgan fingerprint density at radius 2 is 2.60 bits per heavy atom. The fraction of sp³-hybridized carbons (Fsp3) is 0.500. The van der Waals surface area contributed by atoms with E-state index in [1.54, 1.807) is 6.07 Å². The van der Waals surface area contributed by atoms with E-state index in [9.17, 15) is 0 Å². The zero-order valence-corrected chi connectivity index (χ0v) is 7.32. The Kier molecular flexibility index (Phi) is 2.56. The van der Waals surface area contributed by atoms with Crippen LogP contribution in [0.25, 0.3) is 0 Å². The first-order valence-electron chi connectivity index (χ1n) is 3.00. The molecular weight excluding hydrogens is 166 g/mol. The van der Waals surface area contributed by atoms with Crippen molar-refractivity contribution in [3.05, 3.63) is 10.9 Å². The minimum absolute atomic E-state index is 0.119. The average molecular weight is 175 g/mol. The van der Waals surface area contributed by atoms with E-state index in [2.05, 4.69) is 23.9 Å². The lowest BCUT2D eigenvalue weighted by atomic mass is 10.2. The molecule has 1 aromatic heterocycles. The molecule has 1 N–H and O–H groups in total. The summed E-state index contributed by atoms with van der Waals surface area (Å²) in [5.41, 5.74) is 0. The van der Waals surface area contributed by atoms with Crippen molar-refractivity contribution in [2.24, 2.45) is 0 Å². The number of thiol groups is 1. The molecule has 0 fully saturated rings. The monoisotopic (exact) mass is 175 g/mol. The number of aromatic nitrogens is 1. The predicted molar refractivity (Wildman–Crippen MR) is 46.0 cm³/mol. The van der Waals surface area contributed by atoms with Gasteiger partial charge in [-0.15, -0.1) is 0 Å². The van der Waals surface area contributed by atoms with Crippen LogP contribution in [0.2, 0.25) is 0 Å². The summed E-state index contributed by atoms with van der Waals surface area (Å²) in [4.78, 5) is 1.09. The Labute approximate surface area is 69.5 Å². The molecule has 1 aromatic rings. The average Bonchev–Trinajstić information content (AvgIpc) is 2.34. The van der Waals surface area contributed by atoms with Crippen molar-refractivity contribution < 1.29 is 5.11 Å². The molecule has 0 aliphatic rings. The Bertz CT molecular complexity index is 211. The minimum atomic E-state index is 0.119. The molecule has 0 aliphatic heterocycles. The van der Waals surface area contributed by atoms with Crippen LogP contribution in [0.4, 0.5) is 0 Å². The molecule has 0 radical (unpaired) electrons. The van der Waals surface area contributed by atoms with Gasteiger partial charge in [-0.05, 0) is 17.3 Å². The van der Waals surface area contributed by atoms with E-state index in [4.69, 9.17) is 5.11 Å². The second kappa shape index (κ2) is 3.25. The normalized spacial score (nSPS) is 13.4. The molecule has 0 amide bonds. The van der Waals surface area contributed by atoms with Gasteiger partial charge in [0.2, 0.25) is 5.88 Å². The first-order valence-corrected chi connectivity index (χ1v) is 4.41. The third-order valence-corrected chi connectivity index (χ3v) is 2.83. The third kappa shape index (κ3) is 1.64. The van der Waals surface area contributed by atoms with E-state index in [1.165, 1.54) is 11.5 Å². The number of hydrogen-bond donors (Lipinski definition) is 2. The van der Waals surface area contributed by atoms with Gasteiger partial charge in [-0.2, -0.15) is 17.0 Å². The topological polar surface area (TPSA) is 33.1 Å². The van der Waals surface area contributed by atoms with Crippen LogP contribution < -0.4 is 0 Å². The molecule has 10 heavy (non-hydrogen) atoms. The Morgan fingerprint density at radius 3 is 3.00 bits per heavy atom. The molecule has 0 aliphatic carbocycles. The van der Waals surface area contributed by atoms with Crippen molar-refractivity contribution in [2.75, 3.05) is 5.75 Å². The summed E-state index contributed by atoms with van der Waals surface area (Å²) in [5, 5.41) is 8.87. The third-order valence-electron chi connectivity index (χ3n) is 1.28. The van der Waals surface area contributed by atoms with Crippen molar-refractivity contribution in [1.29, 1.82) is 0 Å². The summed E-state index contributed by atoms with van der Waals surface area (Å²) < 4.78 is 3.75. The fourth-order valence-electron chi connectivity index (χ4n) is 0.602. The number of aromatic hydroxyl groups is 1. The van der Waals surface area contributed by atoms with Gasteiger partial charge in [0.25, 0.3) is 0 Å². The Morgan fingerprint density at radius 1 is 1.90 bits per heavy atom. The van der Waals surface area contributed by atoms with Gasteiger partial charge in [0.1, 0.15) is 0 Å².